The van der Waals surface area contributed by atoms with Crippen molar-refractivity contribution < 1.29 is 76.8 Å². The van der Waals surface area contributed by atoms with Crippen LogP contribution in [0.1, 0.15) is 101 Å². The number of nitrogens with one attached hydrogen (secondary N) is 1. The first-order valence-corrected chi connectivity index (χ1v) is 30.4. The van der Waals surface area contributed by atoms with Crippen LogP contribution in [-0.4, -0.2) is 145 Å². The Kier molecular flexibility index (Phi) is 18.1. The number of nitrogens with two attached hydrogens (primary N) is 1. The Labute approximate surface area is 522 Å². The molecule has 2 saturated heterocycles. The van der Waals surface area contributed by atoms with Crippen molar-refractivity contribution in [1.29, 1.82) is 0 Å². The summed E-state index contributed by atoms with van der Waals surface area (Å²) in [6.45, 7) is 20.5. The fourth-order valence-corrected chi connectivity index (χ4v) is 13.4. The first kappa shape index (κ1) is 65.7. The van der Waals surface area contributed by atoms with Crippen LogP contribution in [0.25, 0.3) is 27.5 Å². The number of aliphatic hydroxyl groups excluding tert-OH is 2. The predicted molar refractivity (Wildman–Crippen MR) is 329 cm³/mol. The maximum Gasteiger partial charge on any atom is 0.341 e. The Morgan fingerprint density at radius 1 is 0.901 bits per heavy atom. The molecule has 4 bridgehead atoms. The van der Waals surface area contributed by atoms with Gasteiger partial charge in [-0.15, -0.1) is 0 Å². The SMILES string of the molecule is CO[C@H]1/C=C/O[C@@]2(C)Oc3c(C)c(O)c4c(O)c(c5c(c4c3C2=O)=NC2(CCN(CC(C)C)CC2)N=5)NC(=O)/C(C)=C\C=C\[C@H](C)[C@H](O)[C@@H](C)[C@@H](O)[C@@H](C)[C@H](OC(C)=O)[C@@H]1C.NC1[C@H]2CN(c3nc4c(cc3F)c(=O)c(C(=O)O)cn4-c3ccc(F)cc3F)C[C@@H]12. The molecular formula is C66H77F3N8O14. The zero-order chi connectivity index (χ0) is 66.2. The first-order valence-electron chi connectivity index (χ1n) is 30.4. The Balaban J connectivity index is 0.000000251. The summed E-state index contributed by atoms with van der Waals surface area (Å²) >= 11 is 0. The number of carbonyl (C=O) groups excluding carboxylic acids is 3. The van der Waals surface area contributed by atoms with Gasteiger partial charge in [0.05, 0.1) is 52.0 Å². The summed E-state index contributed by atoms with van der Waals surface area (Å²) in [6.07, 6.45) is 5.95. The van der Waals surface area contributed by atoms with E-state index in [2.05, 4.69) is 29.0 Å². The number of phenols is 2. The highest BCUT2D eigenvalue weighted by Crippen LogP contribution is 2.50. The first-order chi connectivity index (χ1) is 42.9. The number of aliphatic hydroxyl groups is 2. The summed E-state index contributed by atoms with van der Waals surface area (Å²) in [5.74, 6) is -10.1. The number of Topliss-reactive ketones (excluding diaryl/α,β-unsaturated/α-hetero) is 1. The topological polar surface area (TPSA) is 310 Å². The molecule has 2 aromatic heterocycles. The predicted octanol–water partition coefficient (Wildman–Crippen LogP) is 6.64. The van der Waals surface area contributed by atoms with Gasteiger partial charge in [-0.2, -0.15) is 0 Å². The normalized spacial score (nSPS) is 29.3. The number of rotatable bonds is 7. The number of aromatic nitrogens is 2. The van der Waals surface area contributed by atoms with E-state index >= 15 is 0 Å². The van der Waals surface area contributed by atoms with Crippen LogP contribution < -0.4 is 36.8 Å². The van der Waals surface area contributed by atoms with E-state index in [1.807, 2.05) is 0 Å². The molecule has 5 aromatic rings. The van der Waals surface area contributed by atoms with Crippen LogP contribution in [0.4, 0.5) is 24.7 Å². The Bertz CT molecular complexity index is 4080. The lowest BCUT2D eigenvalue weighted by molar-refractivity contribution is -0.160. The quantitative estimate of drug-likeness (QED) is 0.0663. The minimum absolute atomic E-state index is 0.0272. The molecule has 3 aromatic carbocycles. The third-order valence-corrected chi connectivity index (χ3v) is 18.8. The van der Waals surface area contributed by atoms with Gasteiger partial charge in [0.15, 0.2) is 28.7 Å². The number of carbonyl (C=O) groups is 4. The number of hydrogen-bond acceptors (Lipinski definition) is 19. The minimum atomic E-state index is -1.96. The molecule has 1 spiro atoms. The van der Waals surface area contributed by atoms with E-state index < -0.39 is 117 Å². The second-order valence-electron chi connectivity index (χ2n) is 25.6. The number of allylic oxidation sites excluding steroid dienone is 2. The molecule has 3 fully saturated rings. The van der Waals surface area contributed by atoms with Gasteiger partial charge in [0.2, 0.25) is 5.43 Å². The molecule has 11 rings (SSSR count). The van der Waals surface area contributed by atoms with Crippen LogP contribution in [0.5, 0.6) is 17.2 Å². The van der Waals surface area contributed by atoms with Crippen molar-refractivity contribution in [3.8, 4) is 22.9 Å². The lowest BCUT2D eigenvalue weighted by Gasteiger charge is -2.38. The number of fused-ring (bicyclic) bond motifs is 3. The van der Waals surface area contributed by atoms with Gasteiger partial charge in [0.25, 0.3) is 11.7 Å². The number of ether oxygens (including phenoxy) is 4. The maximum atomic E-state index is 14.8. The number of phenolic OH excluding ortho intramolecular Hbond substituents is 2. The molecule has 1 saturated carbocycles. The van der Waals surface area contributed by atoms with Crippen LogP contribution in [0.15, 0.2) is 81.4 Å². The van der Waals surface area contributed by atoms with Crippen molar-refractivity contribution in [3.63, 3.8) is 0 Å². The van der Waals surface area contributed by atoms with Gasteiger partial charge < -0.3 is 65.3 Å². The summed E-state index contributed by atoms with van der Waals surface area (Å²) < 4.78 is 67.7. The molecule has 22 nitrogen and oxygen atoms in total. The number of ketones is 1. The van der Waals surface area contributed by atoms with Gasteiger partial charge in [0, 0.05) is 125 Å². The van der Waals surface area contributed by atoms with Crippen LogP contribution in [-0.2, 0) is 23.8 Å². The third-order valence-electron chi connectivity index (χ3n) is 18.8. The number of esters is 1. The molecule has 6 aliphatic rings. The number of piperidine rings is 2. The average molecular weight is 1260 g/mol. The third kappa shape index (κ3) is 12.2. The fourth-order valence-electron chi connectivity index (χ4n) is 13.4. The highest BCUT2D eigenvalue weighted by Gasteiger charge is 2.55. The zero-order valence-electron chi connectivity index (χ0n) is 52.5. The number of likely N-dealkylation sites (tertiary alicyclic amines) is 1. The molecule has 8 N–H and O–H groups in total. The number of methoxy groups -OCH3 is 1. The van der Waals surface area contributed by atoms with E-state index in [9.17, 15) is 62.7 Å². The summed E-state index contributed by atoms with van der Waals surface area (Å²) in [5, 5.41) is 59.2. The number of pyridine rings is 2. The number of carboxylic acids is 1. The van der Waals surface area contributed by atoms with Crippen LogP contribution in [0.3, 0.4) is 0 Å². The number of hydrogen-bond donors (Lipinski definition) is 7. The molecule has 1 aliphatic carbocycles. The molecular weight excluding hydrogens is 1190 g/mol. The summed E-state index contributed by atoms with van der Waals surface area (Å²) in [6, 6.07) is 3.69. The zero-order valence-corrected chi connectivity index (χ0v) is 52.5. The Morgan fingerprint density at radius 2 is 1.57 bits per heavy atom. The van der Waals surface area contributed by atoms with Crippen LogP contribution >= 0.6 is 0 Å². The van der Waals surface area contributed by atoms with Gasteiger partial charge in [-0.05, 0) is 55.9 Å². The standard InChI is InChI=1S/C46H62N4O11.C20H15F3N4O3/c1-22(2)21-50-18-16-46(17-19-50)48-34-31-32-39(54)28(8)42-33(31)43(56)45(10,61-42)59-20-15-30(58-11)25(5)41(60-29(9)51)27(7)38(53)26(6)37(52)23(3)13-12-14-24(4)44(57)47-36(40(32)55)35(34)49-46;21-8-1-2-15(13(22)3-8)27-7-12(20(29)30)17(28)9-4-14(23)19(25-18(9)27)26-5-10-11(6-26)16(10)24/h12-15,20,22-23,25-27,30,37-38,41,52-55H,16-19,21H2,1-11H3,(H,47,57);1-4,7,10-11,16H,5-6,24H2,(H,29,30)/b13-12+,20-15+,24-14-;/t23-,25+,26+,27+,30-,37-,38+,41+,45-;10-,11+,16?/m0./s1. The van der Waals surface area contributed by atoms with Crippen molar-refractivity contribution in [3.05, 3.63) is 122 Å². The number of carboxylic acid groups (broad SMARTS) is 1. The second-order valence-corrected chi connectivity index (χ2v) is 25.6. The second kappa shape index (κ2) is 25.1. The molecule has 25 heteroatoms. The highest BCUT2D eigenvalue weighted by molar-refractivity contribution is 6.19. The number of aromatic hydroxyl groups is 2. The van der Waals surface area contributed by atoms with E-state index in [0.29, 0.717) is 51.0 Å². The lowest BCUT2D eigenvalue weighted by atomic mass is 9.78. The van der Waals surface area contributed by atoms with Crippen molar-refractivity contribution >= 4 is 56.9 Å². The molecule has 486 valence electrons. The van der Waals surface area contributed by atoms with Crippen molar-refractivity contribution in [1.82, 2.24) is 14.5 Å². The van der Waals surface area contributed by atoms with E-state index in [1.165, 1.54) is 27.2 Å². The summed E-state index contributed by atoms with van der Waals surface area (Å²) in [5.41, 5.74) is 3.37. The molecule has 0 radical (unpaired) electrons. The van der Waals surface area contributed by atoms with Crippen molar-refractivity contribution in [2.24, 2.45) is 57.1 Å². The number of benzene rings is 3. The minimum Gasteiger partial charge on any atom is -0.507 e. The number of halogens is 3. The molecule has 1 amide bonds. The Hall–Kier alpha value is -8.23. The molecule has 12 atom stereocenters. The van der Waals surface area contributed by atoms with Crippen LogP contribution in [0, 0.1) is 65.8 Å². The fraction of sp³-hybridized carbons (Fsp3) is 0.485. The lowest BCUT2D eigenvalue weighted by Crippen LogP contribution is -2.46. The van der Waals surface area contributed by atoms with Gasteiger partial charge >= 0.3 is 17.7 Å². The highest BCUT2D eigenvalue weighted by atomic mass is 19.1. The maximum absolute atomic E-state index is 14.8. The van der Waals surface area contributed by atoms with Gasteiger partial charge in [-0.1, -0.05) is 59.8 Å². The van der Waals surface area contributed by atoms with E-state index in [-0.39, 0.29) is 95.8 Å². The van der Waals surface area contributed by atoms with Crippen LogP contribution in [0.2, 0.25) is 0 Å². The number of aromatic carboxylic acids is 1. The molecule has 1 unspecified atom stereocenters. The smallest absolute Gasteiger partial charge is 0.341 e. The Morgan fingerprint density at radius 3 is 2.20 bits per heavy atom. The van der Waals surface area contributed by atoms with Crippen molar-refractivity contribution in [2.75, 3.05) is 50.1 Å². The number of nitrogens with zero attached hydrogens (tertiary/aromatic N) is 6. The summed E-state index contributed by atoms with van der Waals surface area (Å²) in [4.78, 5) is 83.7. The van der Waals surface area contributed by atoms with Gasteiger partial charge in [-0.3, -0.25) is 33.7 Å². The molecule has 5 aliphatic heterocycles. The van der Waals surface area contributed by atoms with Gasteiger partial charge in [-0.25, -0.2) is 22.9 Å². The number of amides is 1. The van der Waals surface area contributed by atoms with Gasteiger partial charge in [0.1, 0.15) is 45.8 Å². The largest absolute Gasteiger partial charge is 0.507 e. The number of anilines is 2. The van der Waals surface area contributed by atoms with E-state index in [4.69, 9.17) is 34.7 Å². The molecule has 7 heterocycles. The van der Waals surface area contributed by atoms with E-state index in [0.717, 1.165) is 35.5 Å². The average Bonchev–Trinajstić information content (AvgIpc) is 1.59. The summed E-state index contributed by atoms with van der Waals surface area (Å²) in [7, 11) is 1.47. The van der Waals surface area contributed by atoms with E-state index in [1.54, 1.807) is 70.7 Å². The molecule has 91 heavy (non-hydrogen) atoms. The monoisotopic (exact) mass is 1260 g/mol. The van der Waals surface area contributed by atoms with Crippen molar-refractivity contribution in [2.45, 2.75) is 124 Å².